The van der Waals surface area contributed by atoms with Crippen LogP contribution in [-0.4, -0.2) is 15.0 Å². The summed E-state index contributed by atoms with van der Waals surface area (Å²) in [5.74, 6) is 1.25. The number of hydrogen-bond acceptors (Lipinski definition) is 4. The summed E-state index contributed by atoms with van der Waals surface area (Å²) in [6.07, 6.45) is 0. The molecule has 0 radical (unpaired) electrons. The van der Waals surface area contributed by atoms with Crippen molar-refractivity contribution in [3.8, 4) is 11.5 Å². The average Bonchev–Trinajstić information content (AvgIpc) is 2.48. The molecule has 0 aliphatic rings. The highest BCUT2D eigenvalue weighted by Crippen LogP contribution is 2.23. The Balaban J connectivity index is 2.12. The third-order valence-electron chi connectivity index (χ3n) is 2.86. The van der Waals surface area contributed by atoms with Gasteiger partial charge in [0.25, 0.3) is 0 Å². The van der Waals surface area contributed by atoms with Gasteiger partial charge in [0, 0.05) is 13.1 Å². The second kappa shape index (κ2) is 6.71. The minimum Gasteiger partial charge on any atom is -0.457 e. The summed E-state index contributed by atoms with van der Waals surface area (Å²) in [5.41, 5.74) is 6.55. The van der Waals surface area contributed by atoms with E-state index in [0.29, 0.717) is 24.6 Å². The van der Waals surface area contributed by atoms with Crippen LogP contribution in [-0.2, 0) is 16.6 Å². The van der Waals surface area contributed by atoms with Crippen molar-refractivity contribution in [3.05, 3.63) is 54.1 Å². The Labute approximate surface area is 124 Å². The van der Waals surface area contributed by atoms with Gasteiger partial charge in [0.15, 0.2) is 0 Å². The summed E-state index contributed by atoms with van der Waals surface area (Å²) in [6, 6.07) is 13.7. The molecule has 0 fully saturated rings. The number of hydrogen-bond donors (Lipinski definition) is 2. The number of nitrogens with two attached hydrogens (primary N) is 1. The fourth-order valence-electron chi connectivity index (χ4n) is 1.79. The first kappa shape index (κ1) is 15.5. The molecule has 0 heterocycles. The van der Waals surface area contributed by atoms with E-state index < -0.39 is 10.0 Å². The summed E-state index contributed by atoms with van der Waals surface area (Å²) < 4.78 is 31.7. The molecule has 2 aromatic carbocycles. The van der Waals surface area contributed by atoms with Gasteiger partial charge >= 0.3 is 0 Å². The van der Waals surface area contributed by atoms with E-state index in [1.807, 2.05) is 24.3 Å². The van der Waals surface area contributed by atoms with Gasteiger partial charge < -0.3 is 10.5 Å². The molecule has 0 saturated heterocycles. The Morgan fingerprint density at radius 3 is 2.00 bits per heavy atom. The summed E-state index contributed by atoms with van der Waals surface area (Å²) in [7, 11) is -3.43. The number of rotatable bonds is 6. The normalized spacial score (nSPS) is 11.3. The molecule has 0 bridgehead atoms. The van der Waals surface area contributed by atoms with Crippen molar-refractivity contribution < 1.29 is 13.2 Å². The Bertz CT molecular complexity index is 680. The smallest absolute Gasteiger partial charge is 0.240 e. The van der Waals surface area contributed by atoms with Crippen LogP contribution >= 0.6 is 0 Å². The van der Waals surface area contributed by atoms with Crippen LogP contribution in [0.1, 0.15) is 12.5 Å². The zero-order chi connectivity index (χ0) is 15.3. The number of nitrogens with one attached hydrogen (secondary N) is 1. The Morgan fingerprint density at radius 1 is 1.00 bits per heavy atom. The standard InChI is InChI=1S/C15H18N2O3S/c1-2-17-21(18,19)15-9-7-14(8-10-15)20-13-5-3-12(11-16)4-6-13/h3-10,17H,2,11,16H2,1H3. The summed E-state index contributed by atoms with van der Waals surface area (Å²) in [6.45, 7) is 2.57. The Hall–Kier alpha value is -1.89. The highest BCUT2D eigenvalue weighted by Gasteiger charge is 2.12. The Morgan fingerprint density at radius 2 is 1.52 bits per heavy atom. The number of benzene rings is 2. The van der Waals surface area contributed by atoms with Crippen molar-refractivity contribution >= 4 is 10.0 Å². The van der Waals surface area contributed by atoms with E-state index in [2.05, 4.69) is 4.72 Å². The molecule has 2 aromatic rings. The van der Waals surface area contributed by atoms with Crippen molar-refractivity contribution in [1.82, 2.24) is 4.72 Å². The summed E-state index contributed by atoms with van der Waals surface area (Å²) in [5, 5.41) is 0. The lowest BCUT2D eigenvalue weighted by molar-refractivity contribution is 0.482. The molecular formula is C15H18N2O3S. The van der Waals surface area contributed by atoms with E-state index in [9.17, 15) is 8.42 Å². The monoisotopic (exact) mass is 306 g/mol. The van der Waals surface area contributed by atoms with Crippen molar-refractivity contribution in [1.29, 1.82) is 0 Å². The van der Waals surface area contributed by atoms with Crippen LogP contribution < -0.4 is 15.2 Å². The molecule has 5 nitrogen and oxygen atoms in total. The van der Waals surface area contributed by atoms with Gasteiger partial charge in [-0.05, 0) is 42.0 Å². The minimum absolute atomic E-state index is 0.218. The first-order valence-corrected chi connectivity index (χ1v) is 8.10. The number of sulfonamides is 1. The van der Waals surface area contributed by atoms with Gasteiger partial charge in [-0.15, -0.1) is 0 Å². The molecule has 0 atom stereocenters. The van der Waals surface area contributed by atoms with Gasteiger partial charge in [0.1, 0.15) is 11.5 Å². The Kier molecular flexibility index (Phi) is 4.95. The van der Waals surface area contributed by atoms with Crippen LogP contribution in [0.3, 0.4) is 0 Å². The highest BCUT2D eigenvalue weighted by molar-refractivity contribution is 7.89. The van der Waals surface area contributed by atoms with Crippen molar-refractivity contribution in [3.63, 3.8) is 0 Å². The van der Waals surface area contributed by atoms with Crippen LogP contribution in [0.4, 0.5) is 0 Å². The highest BCUT2D eigenvalue weighted by atomic mass is 32.2. The molecule has 21 heavy (non-hydrogen) atoms. The zero-order valence-corrected chi connectivity index (χ0v) is 12.6. The third kappa shape index (κ3) is 4.04. The minimum atomic E-state index is -3.43. The van der Waals surface area contributed by atoms with E-state index in [1.165, 1.54) is 12.1 Å². The van der Waals surface area contributed by atoms with Crippen LogP contribution in [0, 0.1) is 0 Å². The van der Waals surface area contributed by atoms with E-state index in [0.717, 1.165) is 5.56 Å². The molecule has 112 valence electrons. The summed E-state index contributed by atoms with van der Waals surface area (Å²) in [4.78, 5) is 0.218. The average molecular weight is 306 g/mol. The third-order valence-corrected chi connectivity index (χ3v) is 4.42. The lowest BCUT2D eigenvalue weighted by Crippen LogP contribution is -2.22. The molecule has 0 saturated carbocycles. The quantitative estimate of drug-likeness (QED) is 0.857. The largest absolute Gasteiger partial charge is 0.457 e. The fraction of sp³-hybridized carbons (Fsp3) is 0.200. The molecule has 6 heteroatoms. The fourth-order valence-corrected chi connectivity index (χ4v) is 2.83. The lowest BCUT2D eigenvalue weighted by atomic mass is 10.2. The van der Waals surface area contributed by atoms with Crippen LogP contribution in [0.15, 0.2) is 53.4 Å². The zero-order valence-electron chi connectivity index (χ0n) is 11.7. The van der Waals surface area contributed by atoms with Crippen LogP contribution in [0.5, 0.6) is 11.5 Å². The second-order valence-electron chi connectivity index (χ2n) is 4.42. The SMILES string of the molecule is CCNS(=O)(=O)c1ccc(Oc2ccc(CN)cc2)cc1. The van der Waals surface area contributed by atoms with Crippen LogP contribution in [0.2, 0.25) is 0 Å². The topological polar surface area (TPSA) is 81.4 Å². The molecular weight excluding hydrogens is 288 g/mol. The summed E-state index contributed by atoms with van der Waals surface area (Å²) >= 11 is 0. The molecule has 0 aromatic heterocycles. The van der Waals surface area contributed by atoms with E-state index >= 15 is 0 Å². The lowest BCUT2D eigenvalue weighted by Gasteiger charge is -2.08. The maximum Gasteiger partial charge on any atom is 0.240 e. The van der Waals surface area contributed by atoms with Crippen molar-refractivity contribution in [2.75, 3.05) is 6.54 Å². The number of ether oxygens (including phenoxy) is 1. The maximum absolute atomic E-state index is 11.8. The maximum atomic E-state index is 11.8. The second-order valence-corrected chi connectivity index (χ2v) is 6.19. The van der Waals surface area contributed by atoms with Crippen molar-refractivity contribution in [2.45, 2.75) is 18.4 Å². The van der Waals surface area contributed by atoms with Crippen molar-refractivity contribution in [2.24, 2.45) is 5.73 Å². The molecule has 0 unspecified atom stereocenters. The van der Waals surface area contributed by atoms with Gasteiger partial charge in [-0.25, -0.2) is 13.1 Å². The van der Waals surface area contributed by atoms with Crippen LogP contribution in [0.25, 0.3) is 0 Å². The van der Waals surface area contributed by atoms with E-state index in [4.69, 9.17) is 10.5 Å². The molecule has 3 N–H and O–H groups in total. The van der Waals surface area contributed by atoms with Gasteiger partial charge in [-0.2, -0.15) is 0 Å². The van der Waals surface area contributed by atoms with E-state index in [1.54, 1.807) is 19.1 Å². The van der Waals surface area contributed by atoms with Gasteiger partial charge in [0.05, 0.1) is 4.90 Å². The molecule has 0 amide bonds. The molecule has 0 aliphatic carbocycles. The van der Waals surface area contributed by atoms with Gasteiger partial charge in [-0.1, -0.05) is 19.1 Å². The predicted octanol–water partition coefficient (Wildman–Crippen LogP) is 2.24. The first-order chi connectivity index (χ1) is 10.0. The van der Waals surface area contributed by atoms with Gasteiger partial charge in [-0.3, -0.25) is 0 Å². The molecule has 0 spiro atoms. The predicted molar refractivity (Wildman–Crippen MR) is 81.7 cm³/mol. The molecule has 0 aliphatic heterocycles. The first-order valence-electron chi connectivity index (χ1n) is 6.62. The van der Waals surface area contributed by atoms with Gasteiger partial charge in [0.2, 0.25) is 10.0 Å². The molecule has 2 rings (SSSR count). The van der Waals surface area contributed by atoms with E-state index in [-0.39, 0.29) is 4.90 Å².